The Labute approximate surface area is 358 Å². The summed E-state index contributed by atoms with van der Waals surface area (Å²) in [6.07, 6.45) is 0. The van der Waals surface area contributed by atoms with Gasteiger partial charge in [-0.2, -0.15) is 0 Å². The largest absolute Gasteiger partial charge is 0.453 e. The predicted molar refractivity (Wildman–Crippen MR) is 258 cm³/mol. The van der Waals surface area contributed by atoms with Crippen molar-refractivity contribution in [1.29, 1.82) is 5.41 Å². The van der Waals surface area contributed by atoms with E-state index in [1.807, 2.05) is 36.4 Å². The number of hydrogen-bond acceptors (Lipinski definition) is 4. The van der Waals surface area contributed by atoms with E-state index < -0.39 is 0 Å². The van der Waals surface area contributed by atoms with Crippen LogP contribution in [0.4, 0.5) is 22.7 Å². The van der Waals surface area contributed by atoms with Crippen LogP contribution in [-0.4, -0.2) is 10.4 Å². The van der Waals surface area contributed by atoms with E-state index in [9.17, 15) is 5.41 Å². The van der Waals surface area contributed by atoms with Crippen molar-refractivity contribution in [2.45, 2.75) is 0 Å². The average Bonchev–Trinajstić information content (AvgIpc) is 3.65. The Balaban J connectivity index is 0.964. The van der Waals surface area contributed by atoms with Gasteiger partial charge in [-0.25, -0.2) is 0 Å². The normalized spacial score (nSPS) is 12.0. The summed E-state index contributed by atoms with van der Waals surface area (Å²) in [4.78, 5) is 2.28. The summed E-state index contributed by atoms with van der Waals surface area (Å²) in [7, 11) is 0. The van der Waals surface area contributed by atoms with Gasteiger partial charge in [0.05, 0.1) is 33.8 Å². The summed E-state index contributed by atoms with van der Waals surface area (Å²) in [5, 5.41) is 16.7. The van der Waals surface area contributed by atoms with Crippen LogP contribution < -0.4 is 15.1 Å². The SMILES string of the molecule is N=C(c1ccc(-c2cccc3ccccc23)cc1)c1ccccc1Nn1c2cc(-c3ccc4c(c3)N(c3ccccc3)c3ccccc3O4)ccc2c2c3ccccc3ccc21. The number of fused-ring (bicyclic) bond motifs is 8. The summed E-state index contributed by atoms with van der Waals surface area (Å²) >= 11 is 0. The summed E-state index contributed by atoms with van der Waals surface area (Å²) in [6.45, 7) is 0. The molecule has 11 aromatic rings. The number of benzene rings is 10. The van der Waals surface area contributed by atoms with Crippen molar-refractivity contribution < 1.29 is 4.74 Å². The van der Waals surface area contributed by atoms with Crippen LogP contribution in [0.5, 0.6) is 11.5 Å². The van der Waals surface area contributed by atoms with Gasteiger partial charge in [0.25, 0.3) is 0 Å². The topological polar surface area (TPSA) is 53.3 Å². The molecule has 0 spiro atoms. The van der Waals surface area contributed by atoms with Gasteiger partial charge >= 0.3 is 0 Å². The van der Waals surface area contributed by atoms with Crippen LogP contribution in [-0.2, 0) is 0 Å². The fraction of sp³-hybridized carbons (Fsp3) is 0. The van der Waals surface area contributed by atoms with Crippen molar-refractivity contribution in [2.24, 2.45) is 0 Å². The molecule has 5 heteroatoms. The van der Waals surface area contributed by atoms with Gasteiger partial charge in [-0.1, -0.05) is 164 Å². The first-order valence-corrected chi connectivity index (χ1v) is 20.9. The zero-order chi connectivity index (χ0) is 41.1. The van der Waals surface area contributed by atoms with Gasteiger partial charge in [0, 0.05) is 27.6 Å². The summed E-state index contributed by atoms with van der Waals surface area (Å²) in [5.41, 5.74) is 16.4. The van der Waals surface area contributed by atoms with Crippen LogP contribution in [0.3, 0.4) is 0 Å². The third-order valence-electron chi connectivity index (χ3n) is 12.2. The first kappa shape index (κ1) is 35.5. The third kappa shape index (κ3) is 5.82. The van der Waals surface area contributed by atoms with E-state index in [1.165, 1.54) is 32.5 Å². The third-order valence-corrected chi connectivity index (χ3v) is 12.2. The molecule has 0 radical (unpaired) electrons. The van der Waals surface area contributed by atoms with Gasteiger partial charge in [-0.3, -0.25) is 15.5 Å². The number of hydrogen-bond donors (Lipinski definition) is 2. The molecule has 1 aliphatic heterocycles. The monoisotopic (exact) mass is 794 g/mol. The van der Waals surface area contributed by atoms with Gasteiger partial charge in [-0.15, -0.1) is 0 Å². The zero-order valence-corrected chi connectivity index (χ0v) is 33.6. The summed E-state index contributed by atoms with van der Waals surface area (Å²) in [6, 6.07) is 76.3. The van der Waals surface area contributed by atoms with E-state index >= 15 is 0 Å². The van der Waals surface area contributed by atoms with E-state index in [0.29, 0.717) is 5.71 Å². The molecule has 5 nitrogen and oxygen atoms in total. The molecule has 1 aromatic heterocycles. The standard InChI is InChI=1S/C57H38N4O/c58-57(40-27-25-39(26-28-40)45-21-12-15-37-13-4-6-18-44(37)45)47-20-8-9-22-49(47)59-61-51-33-30-38-14-5-7-19-46(38)56(51)48-32-29-41(35-52(48)61)42-31-34-55-53(36-42)60(43-16-2-1-3-17-43)50-23-10-11-24-54(50)62-55/h1-36,58-59H. The number of para-hydroxylation sites is 4. The van der Waals surface area contributed by atoms with Crippen LogP contribution in [0.1, 0.15) is 11.1 Å². The van der Waals surface area contributed by atoms with Gasteiger partial charge in [0.1, 0.15) is 0 Å². The van der Waals surface area contributed by atoms with Crippen molar-refractivity contribution in [3.05, 3.63) is 230 Å². The fourth-order valence-corrected chi connectivity index (χ4v) is 9.25. The highest BCUT2D eigenvalue weighted by atomic mass is 16.5. The highest BCUT2D eigenvalue weighted by Crippen LogP contribution is 2.51. The molecule has 0 bridgehead atoms. The van der Waals surface area contributed by atoms with Crippen LogP contribution >= 0.6 is 0 Å². The predicted octanol–water partition coefficient (Wildman–Crippen LogP) is 15.3. The van der Waals surface area contributed by atoms with Crippen molar-refractivity contribution in [3.63, 3.8) is 0 Å². The van der Waals surface area contributed by atoms with Crippen molar-refractivity contribution >= 4 is 71.8 Å². The second-order valence-corrected chi connectivity index (χ2v) is 15.8. The Bertz CT molecular complexity index is 3550. The molecule has 2 heterocycles. The molecule has 0 saturated carbocycles. The Hall–Kier alpha value is -8.41. The fourth-order valence-electron chi connectivity index (χ4n) is 9.25. The van der Waals surface area contributed by atoms with Gasteiger partial charge in [0.15, 0.2) is 11.5 Å². The number of nitrogens with one attached hydrogen (secondary N) is 2. The molecular formula is C57H38N4O. The molecule has 0 aliphatic carbocycles. The molecule has 0 saturated heterocycles. The number of ether oxygens (including phenoxy) is 1. The minimum Gasteiger partial charge on any atom is -0.453 e. The minimum absolute atomic E-state index is 0.449. The number of anilines is 4. The molecule has 0 amide bonds. The van der Waals surface area contributed by atoms with Gasteiger partial charge in [0.2, 0.25) is 0 Å². The van der Waals surface area contributed by atoms with E-state index in [4.69, 9.17) is 4.74 Å². The molecule has 2 N–H and O–H groups in total. The number of aromatic nitrogens is 1. The number of rotatable bonds is 7. The Kier molecular flexibility index (Phi) is 8.25. The lowest BCUT2D eigenvalue weighted by atomic mass is 9.95. The first-order chi connectivity index (χ1) is 30.7. The molecule has 292 valence electrons. The minimum atomic E-state index is 0.449. The van der Waals surface area contributed by atoms with Crippen LogP contribution in [0.2, 0.25) is 0 Å². The maximum absolute atomic E-state index is 9.56. The Morgan fingerprint density at radius 1 is 0.452 bits per heavy atom. The lowest BCUT2D eigenvalue weighted by Crippen LogP contribution is -2.15. The molecule has 62 heavy (non-hydrogen) atoms. The van der Waals surface area contributed by atoms with Crippen LogP contribution in [0.15, 0.2) is 218 Å². The maximum Gasteiger partial charge on any atom is 0.151 e. The van der Waals surface area contributed by atoms with E-state index in [1.54, 1.807) is 0 Å². The summed E-state index contributed by atoms with van der Waals surface area (Å²) in [5.74, 6) is 1.63. The second kappa shape index (κ2) is 14.4. The maximum atomic E-state index is 9.56. The molecular weight excluding hydrogens is 757 g/mol. The van der Waals surface area contributed by atoms with Gasteiger partial charge in [-0.05, 0) is 98.4 Å². The zero-order valence-electron chi connectivity index (χ0n) is 33.6. The molecule has 0 atom stereocenters. The average molecular weight is 795 g/mol. The Morgan fingerprint density at radius 2 is 1.11 bits per heavy atom. The molecule has 0 fully saturated rings. The van der Waals surface area contributed by atoms with Crippen LogP contribution in [0, 0.1) is 5.41 Å². The highest BCUT2D eigenvalue weighted by Gasteiger charge is 2.26. The summed E-state index contributed by atoms with van der Waals surface area (Å²) < 4.78 is 8.69. The lowest BCUT2D eigenvalue weighted by Gasteiger charge is -2.33. The van der Waals surface area contributed by atoms with E-state index in [2.05, 4.69) is 197 Å². The molecule has 0 unspecified atom stereocenters. The quantitative estimate of drug-likeness (QED) is 0.158. The lowest BCUT2D eigenvalue weighted by molar-refractivity contribution is 0.477. The van der Waals surface area contributed by atoms with E-state index in [0.717, 1.165) is 78.5 Å². The molecule has 12 rings (SSSR count). The Morgan fingerprint density at radius 3 is 1.98 bits per heavy atom. The van der Waals surface area contributed by atoms with Crippen molar-refractivity contribution in [1.82, 2.24) is 4.68 Å². The smallest absolute Gasteiger partial charge is 0.151 e. The van der Waals surface area contributed by atoms with Crippen LogP contribution in [0.25, 0.3) is 65.6 Å². The highest BCUT2D eigenvalue weighted by molar-refractivity contribution is 6.21. The van der Waals surface area contributed by atoms with Crippen molar-refractivity contribution in [2.75, 3.05) is 10.3 Å². The molecule has 10 aromatic carbocycles. The first-order valence-electron chi connectivity index (χ1n) is 20.9. The second-order valence-electron chi connectivity index (χ2n) is 15.8. The molecule has 1 aliphatic rings. The van der Waals surface area contributed by atoms with E-state index in [-0.39, 0.29) is 0 Å². The van der Waals surface area contributed by atoms with Gasteiger partial charge < -0.3 is 9.64 Å². The number of nitrogens with zero attached hydrogens (tertiary/aromatic N) is 2. The van der Waals surface area contributed by atoms with Crippen molar-refractivity contribution in [3.8, 4) is 33.8 Å².